The first-order valence-corrected chi connectivity index (χ1v) is 4.75. The molecule has 1 aromatic rings. The van der Waals surface area contributed by atoms with Gasteiger partial charge in [-0.1, -0.05) is 30.3 Å². The number of carboxylic acids is 2. The number of hydrogen-bond donors (Lipinski definition) is 2. The minimum atomic E-state index is -1.31. The zero-order valence-electron chi connectivity index (χ0n) is 7.48. The number of halogens is 1. The Morgan fingerprint density at radius 2 is 1.53 bits per heavy atom. The van der Waals surface area contributed by atoms with Crippen LogP contribution in [0.1, 0.15) is 5.56 Å². The minimum absolute atomic E-state index is 0.261. The van der Waals surface area contributed by atoms with E-state index in [9.17, 15) is 9.59 Å². The van der Waals surface area contributed by atoms with Crippen LogP contribution in [0.15, 0.2) is 34.8 Å². The molecule has 0 aliphatic heterocycles. The van der Waals surface area contributed by atoms with Gasteiger partial charge in [0.25, 0.3) is 0 Å². The molecule has 0 saturated heterocycles. The molecule has 1 aromatic carbocycles. The molecule has 0 fully saturated rings. The van der Waals surface area contributed by atoms with Crippen molar-refractivity contribution in [3.63, 3.8) is 0 Å². The van der Waals surface area contributed by atoms with Crippen molar-refractivity contribution in [2.45, 2.75) is 0 Å². The van der Waals surface area contributed by atoms with Crippen LogP contribution in [0.5, 0.6) is 0 Å². The van der Waals surface area contributed by atoms with E-state index < -0.39 is 11.9 Å². The Labute approximate surface area is 94.0 Å². The van der Waals surface area contributed by atoms with Crippen LogP contribution < -0.4 is 0 Å². The first-order valence-electron chi connectivity index (χ1n) is 3.96. The SMILES string of the molecule is O=C(O)C(Br)=C(C(=O)O)c1ccccc1. The van der Waals surface area contributed by atoms with Crippen molar-refractivity contribution >= 4 is 33.4 Å². The van der Waals surface area contributed by atoms with Crippen LogP contribution in [-0.2, 0) is 9.59 Å². The van der Waals surface area contributed by atoms with E-state index in [1.165, 1.54) is 12.1 Å². The number of hydrogen-bond acceptors (Lipinski definition) is 2. The third-order valence-corrected chi connectivity index (χ3v) is 2.42. The van der Waals surface area contributed by atoms with E-state index >= 15 is 0 Å². The van der Waals surface area contributed by atoms with Crippen LogP contribution in [0.3, 0.4) is 0 Å². The highest BCUT2D eigenvalue weighted by atomic mass is 79.9. The molecule has 5 heteroatoms. The standard InChI is InChI=1S/C10H7BrO4/c11-8(10(14)15)7(9(12)13)6-4-2-1-3-5-6/h1-5H,(H,12,13)(H,14,15). The van der Waals surface area contributed by atoms with Gasteiger partial charge in [-0.3, -0.25) is 0 Å². The fourth-order valence-corrected chi connectivity index (χ4v) is 1.45. The molecule has 0 radical (unpaired) electrons. The zero-order chi connectivity index (χ0) is 11.4. The second-order valence-corrected chi connectivity index (χ2v) is 3.46. The number of rotatable bonds is 3. The quantitative estimate of drug-likeness (QED) is 0.824. The average molecular weight is 271 g/mol. The molecule has 0 heterocycles. The molecule has 2 N–H and O–H groups in total. The molecule has 0 aliphatic rings. The summed E-state index contributed by atoms with van der Waals surface area (Å²) in [6.45, 7) is 0. The van der Waals surface area contributed by atoms with Gasteiger partial charge in [0.1, 0.15) is 4.48 Å². The molecule has 4 nitrogen and oxygen atoms in total. The topological polar surface area (TPSA) is 74.6 Å². The van der Waals surface area contributed by atoms with Gasteiger partial charge in [0.05, 0.1) is 5.57 Å². The fraction of sp³-hybridized carbons (Fsp3) is 0. The molecular weight excluding hydrogens is 264 g/mol. The molecule has 0 aliphatic carbocycles. The maximum Gasteiger partial charge on any atom is 0.343 e. The summed E-state index contributed by atoms with van der Waals surface area (Å²) in [5.41, 5.74) is 0.0855. The van der Waals surface area contributed by atoms with Gasteiger partial charge in [-0.05, 0) is 21.5 Å². The average Bonchev–Trinajstić information content (AvgIpc) is 2.18. The van der Waals surface area contributed by atoms with Gasteiger partial charge >= 0.3 is 11.9 Å². The summed E-state index contributed by atoms with van der Waals surface area (Å²) in [6.07, 6.45) is 0. The predicted molar refractivity (Wildman–Crippen MR) is 57.6 cm³/mol. The summed E-state index contributed by atoms with van der Waals surface area (Å²) in [5, 5.41) is 17.6. The van der Waals surface area contributed by atoms with E-state index in [1.54, 1.807) is 18.2 Å². The summed E-state index contributed by atoms with van der Waals surface area (Å²) in [5.74, 6) is -2.59. The van der Waals surface area contributed by atoms with Crippen molar-refractivity contribution in [1.29, 1.82) is 0 Å². The lowest BCUT2D eigenvalue weighted by Gasteiger charge is -2.03. The molecule has 15 heavy (non-hydrogen) atoms. The Kier molecular flexibility index (Phi) is 3.62. The van der Waals surface area contributed by atoms with Gasteiger partial charge in [0, 0.05) is 0 Å². The molecule has 0 spiro atoms. The van der Waals surface area contributed by atoms with E-state index in [-0.39, 0.29) is 10.1 Å². The summed E-state index contributed by atoms with van der Waals surface area (Å²) in [4.78, 5) is 21.5. The van der Waals surface area contributed by atoms with Gasteiger partial charge in [0.2, 0.25) is 0 Å². The molecule has 78 valence electrons. The Morgan fingerprint density at radius 1 is 1.00 bits per heavy atom. The van der Waals surface area contributed by atoms with Crippen molar-refractivity contribution in [1.82, 2.24) is 0 Å². The summed E-state index contributed by atoms with van der Waals surface area (Å²) in [7, 11) is 0. The third-order valence-electron chi connectivity index (χ3n) is 1.68. The summed E-state index contributed by atoms with van der Waals surface area (Å²) in [6, 6.07) is 8.07. The Hall–Kier alpha value is -1.62. The number of aliphatic carboxylic acids is 2. The zero-order valence-corrected chi connectivity index (χ0v) is 9.06. The number of benzene rings is 1. The Balaban J connectivity index is 3.34. The number of carbonyl (C=O) groups is 2. The van der Waals surface area contributed by atoms with Crippen molar-refractivity contribution in [2.75, 3.05) is 0 Å². The van der Waals surface area contributed by atoms with E-state index in [2.05, 4.69) is 15.9 Å². The summed E-state index contributed by atoms with van der Waals surface area (Å²) >= 11 is 2.75. The van der Waals surface area contributed by atoms with E-state index in [1.807, 2.05) is 0 Å². The van der Waals surface area contributed by atoms with Gasteiger partial charge in [0.15, 0.2) is 0 Å². The van der Waals surface area contributed by atoms with Crippen LogP contribution in [0.2, 0.25) is 0 Å². The lowest BCUT2D eigenvalue weighted by molar-refractivity contribution is -0.133. The van der Waals surface area contributed by atoms with Crippen LogP contribution >= 0.6 is 15.9 Å². The molecule has 0 amide bonds. The van der Waals surface area contributed by atoms with Gasteiger partial charge < -0.3 is 10.2 Å². The van der Waals surface area contributed by atoms with Gasteiger partial charge in [-0.25, -0.2) is 9.59 Å². The second kappa shape index (κ2) is 4.75. The Morgan fingerprint density at radius 3 is 1.93 bits per heavy atom. The van der Waals surface area contributed by atoms with Crippen LogP contribution in [0.25, 0.3) is 5.57 Å². The van der Waals surface area contributed by atoms with Crippen molar-refractivity contribution in [3.05, 3.63) is 40.4 Å². The fourth-order valence-electron chi connectivity index (χ4n) is 1.06. The second-order valence-electron chi connectivity index (χ2n) is 2.67. The van der Waals surface area contributed by atoms with Crippen molar-refractivity contribution < 1.29 is 19.8 Å². The molecule has 0 saturated carbocycles. The molecular formula is C10H7BrO4. The Bertz CT molecular complexity index is 422. The highest BCUT2D eigenvalue weighted by molar-refractivity contribution is 9.12. The van der Waals surface area contributed by atoms with Crippen molar-refractivity contribution in [2.24, 2.45) is 0 Å². The molecule has 0 bridgehead atoms. The van der Waals surface area contributed by atoms with Crippen LogP contribution in [-0.4, -0.2) is 22.2 Å². The van der Waals surface area contributed by atoms with E-state index in [0.29, 0.717) is 5.56 Å². The van der Waals surface area contributed by atoms with Crippen LogP contribution in [0, 0.1) is 0 Å². The monoisotopic (exact) mass is 270 g/mol. The maximum atomic E-state index is 10.9. The van der Waals surface area contributed by atoms with E-state index in [0.717, 1.165) is 0 Å². The van der Waals surface area contributed by atoms with Gasteiger partial charge in [-0.15, -0.1) is 0 Å². The highest BCUT2D eigenvalue weighted by Crippen LogP contribution is 2.23. The largest absolute Gasteiger partial charge is 0.478 e. The predicted octanol–water partition coefficient (Wildman–Crippen LogP) is 1.96. The van der Waals surface area contributed by atoms with Crippen LogP contribution in [0.4, 0.5) is 0 Å². The van der Waals surface area contributed by atoms with Crippen molar-refractivity contribution in [3.8, 4) is 0 Å². The molecule has 0 unspecified atom stereocenters. The molecule has 1 rings (SSSR count). The lowest BCUT2D eigenvalue weighted by atomic mass is 10.1. The first-order chi connectivity index (χ1) is 7.04. The maximum absolute atomic E-state index is 10.9. The first kappa shape index (κ1) is 11.5. The molecule has 0 aromatic heterocycles. The smallest absolute Gasteiger partial charge is 0.343 e. The number of carboxylic acid groups (broad SMARTS) is 2. The molecule has 0 atom stereocenters. The van der Waals surface area contributed by atoms with Gasteiger partial charge in [-0.2, -0.15) is 0 Å². The van der Waals surface area contributed by atoms with E-state index in [4.69, 9.17) is 10.2 Å². The normalized spacial score (nSPS) is 11.8. The lowest BCUT2D eigenvalue weighted by Crippen LogP contribution is -2.06. The third kappa shape index (κ3) is 2.66. The highest BCUT2D eigenvalue weighted by Gasteiger charge is 2.19. The summed E-state index contributed by atoms with van der Waals surface area (Å²) < 4.78 is -0.360. The minimum Gasteiger partial charge on any atom is -0.478 e.